The van der Waals surface area contributed by atoms with Crippen LogP contribution in [0.25, 0.3) is 11.4 Å². The van der Waals surface area contributed by atoms with Crippen molar-refractivity contribution in [2.45, 2.75) is 33.4 Å². The van der Waals surface area contributed by atoms with Crippen molar-refractivity contribution in [1.82, 2.24) is 14.9 Å². The molecule has 27 heavy (non-hydrogen) atoms. The monoisotopic (exact) mass is 359 g/mol. The van der Waals surface area contributed by atoms with Crippen LogP contribution in [-0.4, -0.2) is 28.5 Å². The number of fused-ring (bicyclic) bond motifs is 1. The fraction of sp³-hybridized carbons (Fsp3) is 0.304. The zero-order chi connectivity index (χ0) is 18.8. The zero-order valence-electron chi connectivity index (χ0n) is 16.2. The number of nitrogens with zero attached hydrogens (tertiary/aromatic N) is 3. The fourth-order valence-electron chi connectivity index (χ4n) is 3.72. The van der Waals surface area contributed by atoms with E-state index in [9.17, 15) is 0 Å². The first-order valence-electron chi connectivity index (χ1n) is 9.40. The van der Waals surface area contributed by atoms with Crippen molar-refractivity contribution in [3.05, 3.63) is 76.6 Å². The maximum Gasteiger partial charge on any atom is 0.159 e. The molecule has 3 aromatic rings. The minimum Gasteiger partial charge on any atom is -0.496 e. The standard InChI is InChI=1S/C23H25N3O/c1-16-12-22(27-3)17(2)11-19(16)14-26-10-9-21-20(15-26)13-24-23(25-21)18-7-5-4-6-8-18/h4-8,11-13H,9-10,14-15H2,1-3H3. The number of benzene rings is 2. The molecule has 138 valence electrons. The highest BCUT2D eigenvalue weighted by molar-refractivity contribution is 5.54. The second-order valence-corrected chi connectivity index (χ2v) is 7.24. The third-order valence-corrected chi connectivity index (χ3v) is 5.29. The molecule has 4 nitrogen and oxygen atoms in total. The number of methoxy groups -OCH3 is 1. The summed E-state index contributed by atoms with van der Waals surface area (Å²) in [6.45, 7) is 7.12. The number of aromatic nitrogens is 2. The summed E-state index contributed by atoms with van der Waals surface area (Å²) >= 11 is 0. The van der Waals surface area contributed by atoms with Gasteiger partial charge in [-0.2, -0.15) is 0 Å². The van der Waals surface area contributed by atoms with Crippen LogP contribution < -0.4 is 4.74 Å². The first-order chi connectivity index (χ1) is 13.1. The van der Waals surface area contributed by atoms with E-state index in [1.807, 2.05) is 24.4 Å². The molecule has 4 rings (SSSR count). The van der Waals surface area contributed by atoms with Crippen molar-refractivity contribution >= 4 is 0 Å². The van der Waals surface area contributed by atoms with Gasteiger partial charge in [0.1, 0.15) is 5.75 Å². The maximum atomic E-state index is 5.43. The number of ether oxygens (including phenoxy) is 1. The molecule has 0 saturated carbocycles. The van der Waals surface area contributed by atoms with Crippen LogP contribution in [0.3, 0.4) is 0 Å². The van der Waals surface area contributed by atoms with Crippen LogP contribution in [0.4, 0.5) is 0 Å². The number of rotatable bonds is 4. The minimum atomic E-state index is 0.824. The van der Waals surface area contributed by atoms with Crippen molar-refractivity contribution in [2.75, 3.05) is 13.7 Å². The topological polar surface area (TPSA) is 38.2 Å². The van der Waals surface area contributed by atoms with E-state index in [1.54, 1.807) is 7.11 Å². The molecule has 0 atom stereocenters. The highest BCUT2D eigenvalue weighted by atomic mass is 16.5. The van der Waals surface area contributed by atoms with Gasteiger partial charge in [-0.05, 0) is 36.6 Å². The van der Waals surface area contributed by atoms with E-state index in [4.69, 9.17) is 9.72 Å². The Kier molecular flexibility index (Phi) is 4.90. The van der Waals surface area contributed by atoms with Gasteiger partial charge in [-0.1, -0.05) is 36.4 Å². The molecule has 0 fully saturated rings. The van der Waals surface area contributed by atoms with E-state index in [2.05, 4.69) is 48.0 Å². The summed E-state index contributed by atoms with van der Waals surface area (Å²) in [5.74, 6) is 1.78. The lowest BCUT2D eigenvalue weighted by Crippen LogP contribution is -2.31. The van der Waals surface area contributed by atoms with Gasteiger partial charge in [-0.3, -0.25) is 4.90 Å². The van der Waals surface area contributed by atoms with E-state index in [1.165, 1.54) is 27.9 Å². The van der Waals surface area contributed by atoms with Gasteiger partial charge in [0.2, 0.25) is 0 Å². The Hall–Kier alpha value is -2.72. The van der Waals surface area contributed by atoms with Crippen molar-refractivity contribution in [3.63, 3.8) is 0 Å². The van der Waals surface area contributed by atoms with Crippen LogP contribution in [0.5, 0.6) is 5.75 Å². The van der Waals surface area contributed by atoms with E-state index >= 15 is 0 Å². The van der Waals surface area contributed by atoms with Crippen molar-refractivity contribution in [1.29, 1.82) is 0 Å². The SMILES string of the molecule is COc1cc(C)c(CN2CCc3nc(-c4ccccc4)ncc3C2)cc1C. The summed E-state index contributed by atoms with van der Waals surface area (Å²) in [6.07, 6.45) is 2.97. The van der Waals surface area contributed by atoms with Crippen LogP contribution in [0.1, 0.15) is 27.9 Å². The van der Waals surface area contributed by atoms with E-state index in [0.717, 1.165) is 43.2 Å². The molecular weight excluding hydrogens is 334 g/mol. The molecule has 0 radical (unpaired) electrons. The summed E-state index contributed by atoms with van der Waals surface area (Å²) in [5, 5.41) is 0. The largest absolute Gasteiger partial charge is 0.496 e. The number of aryl methyl sites for hydroxylation is 2. The van der Waals surface area contributed by atoms with Crippen LogP contribution in [0.2, 0.25) is 0 Å². The Labute approximate surface area is 160 Å². The highest BCUT2D eigenvalue weighted by Crippen LogP contribution is 2.26. The Morgan fingerprint density at radius 2 is 1.89 bits per heavy atom. The van der Waals surface area contributed by atoms with Gasteiger partial charge in [0.05, 0.1) is 12.8 Å². The van der Waals surface area contributed by atoms with Gasteiger partial charge in [0, 0.05) is 43.4 Å². The van der Waals surface area contributed by atoms with Gasteiger partial charge >= 0.3 is 0 Å². The molecule has 0 N–H and O–H groups in total. The summed E-state index contributed by atoms with van der Waals surface area (Å²) in [6, 6.07) is 14.6. The Morgan fingerprint density at radius 3 is 2.67 bits per heavy atom. The molecule has 0 bridgehead atoms. The van der Waals surface area contributed by atoms with Crippen LogP contribution >= 0.6 is 0 Å². The maximum absolute atomic E-state index is 5.43. The number of hydrogen-bond donors (Lipinski definition) is 0. The molecule has 2 heterocycles. The molecule has 0 spiro atoms. The molecule has 0 unspecified atom stereocenters. The van der Waals surface area contributed by atoms with Crippen LogP contribution in [-0.2, 0) is 19.5 Å². The lowest BCUT2D eigenvalue weighted by Gasteiger charge is -2.29. The number of hydrogen-bond acceptors (Lipinski definition) is 4. The molecule has 0 saturated heterocycles. The van der Waals surface area contributed by atoms with Gasteiger partial charge in [0.15, 0.2) is 5.82 Å². The van der Waals surface area contributed by atoms with Crippen molar-refractivity contribution in [2.24, 2.45) is 0 Å². The van der Waals surface area contributed by atoms with E-state index in [0.29, 0.717) is 0 Å². The minimum absolute atomic E-state index is 0.824. The van der Waals surface area contributed by atoms with Crippen molar-refractivity contribution < 1.29 is 4.74 Å². The second-order valence-electron chi connectivity index (χ2n) is 7.24. The van der Waals surface area contributed by atoms with Gasteiger partial charge in [0.25, 0.3) is 0 Å². The quantitative estimate of drug-likeness (QED) is 0.695. The van der Waals surface area contributed by atoms with Crippen molar-refractivity contribution in [3.8, 4) is 17.1 Å². The zero-order valence-corrected chi connectivity index (χ0v) is 16.2. The lowest BCUT2D eigenvalue weighted by atomic mass is 10.0. The first-order valence-corrected chi connectivity index (χ1v) is 9.40. The predicted molar refractivity (Wildman–Crippen MR) is 108 cm³/mol. The molecule has 2 aromatic carbocycles. The summed E-state index contributed by atoms with van der Waals surface area (Å²) < 4.78 is 5.43. The Balaban J connectivity index is 1.52. The van der Waals surface area contributed by atoms with Crippen LogP contribution in [0.15, 0.2) is 48.7 Å². The van der Waals surface area contributed by atoms with Gasteiger partial charge < -0.3 is 4.74 Å². The lowest BCUT2D eigenvalue weighted by molar-refractivity contribution is 0.242. The van der Waals surface area contributed by atoms with E-state index < -0.39 is 0 Å². The third kappa shape index (κ3) is 3.71. The average molecular weight is 359 g/mol. The van der Waals surface area contributed by atoms with Gasteiger partial charge in [-0.25, -0.2) is 9.97 Å². The highest BCUT2D eigenvalue weighted by Gasteiger charge is 2.20. The molecule has 1 aliphatic heterocycles. The smallest absolute Gasteiger partial charge is 0.159 e. The molecule has 1 aliphatic rings. The predicted octanol–water partition coefficient (Wildman–Crippen LogP) is 4.33. The molecule has 0 amide bonds. The van der Waals surface area contributed by atoms with Gasteiger partial charge in [-0.15, -0.1) is 0 Å². The molecule has 1 aromatic heterocycles. The van der Waals surface area contributed by atoms with Crippen LogP contribution in [0, 0.1) is 13.8 Å². The fourth-order valence-corrected chi connectivity index (χ4v) is 3.72. The summed E-state index contributed by atoms with van der Waals surface area (Å²) in [4.78, 5) is 11.9. The third-order valence-electron chi connectivity index (χ3n) is 5.29. The summed E-state index contributed by atoms with van der Waals surface area (Å²) in [7, 11) is 1.73. The molecular formula is C23H25N3O. The first kappa shape index (κ1) is 17.7. The Morgan fingerprint density at radius 1 is 1.07 bits per heavy atom. The Bertz CT molecular complexity index is 953. The normalized spacial score (nSPS) is 14.0. The molecule has 4 heteroatoms. The van der Waals surface area contributed by atoms with E-state index in [-0.39, 0.29) is 0 Å². The second kappa shape index (κ2) is 7.49. The molecule has 0 aliphatic carbocycles. The average Bonchev–Trinajstić information content (AvgIpc) is 2.70. The summed E-state index contributed by atoms with van der Waals surface area (Å²) in [5.41, 5.74) is 7.32.